The minimum Gasteiger partial charge on any atom is -0.508 e. The standard InChI is InChI=1S/C10H15NO.ClH/c1-2-7-11-8-9-5-3-4-6-10(9)12;/h3-6,11-12H,2,7-8H2,1H3;1H. The molecule has 2 nitrogen and oxygen atoms in total. The largest absolute Gasteiger partial charge is 0.508 e. The molecule has 0 bridgehead atoms. The lowest BCUT2D eigenvalue weighted by Crippen LogP contribution is -2.13. The molecule has 0 unspecified atom stereocenters. The van der Waals surface area contributed by atoms with Crippen LogP contribution in [0.3, 0.4) is 0 Å². The summed E-state index contributed by atoms with van der Waals surface area (Å²) in [6, 6.07) is 7.41. The number of phenolic OH excluding ortho intramolecular Hbond substituents is 1. The number of para-hydroxylation sites is 1. The van der Waals surface area contributed by atoms with Crippen molar-refractivity contribution in [3.8, 4) is 5.75 Å². The predicted octanol–water partition coefficient (Wildman–Crippen LogP) is 2.31. The molecule has 0 heterocycles. The average Bonchev–Trinajstić information content (AvgIpc) is 2.09. The van der Waals surface area contributed by atoms with Crippen molar-refractivity contribution in [3.63, 3.8) is 0 Å². The zero-order valence-corrected chi connectivity index (χ0v) is 8.60. The van der Waals surface area contributed by atoms with Crippen LogP contribution in [0.2, 0.25) is 0 Å². The van der Waals surface area contributed by atoms with Crippen LogP contribution >= 0.6 is 12.4 Å². The van der Waals surface area contributed by atoms with Crippen molar-refractivity contribution < 1.29 is 5.11 Å². The molecular formula is C10H16ClNO. The van der Waals surface area contributed by atoms with Crippen LogP contribution in [0, 0.1) is 0 Å². The lowest BCUT2D eigenvalue weighted by Gasteiger charge is -2.04. The zero-order chi connectivity index (χ0) is 8.81. The minimum absolute atomic E-state index is 0. The first-order valence-electron chi connectivity index (χ1n) is 4.32. The van der Waals surface area contributed by atoms with Gasteiger partial charge in [-0.15, -0.1) is 12.4 Å². The molecule has 13 heavy (non-hydrogen) atoms. The summed E-state index contributed by atoms with van der Waals surface area (Å²) in [5, 5.41) is 12.6. The van der Waals surface area contributed by atoms with Crippen molar-refractivity contribution in [2.75, 3.05) is 6.54 Å². The predicted molar refractivity (Wildman–Crippen MR) is 57.4 cm³/mol. The van der Waals surface area contributed by atoms with Gasteiger partial charge in [-0.1, -0.05) is 25.1 Å². The Labute approximate surface area is 85.4 Å². The molecular weight excluding hydrogens is 186 g/mol. The Morgan fingerprint density at radius 1 is 1.31 bits per heavy atom. The quantitative estimate of drug-likeness (QED) is 0.733. The summed E-state index contributed by atoms with van der Waals surface area (Å²) in [6.45, 7) is 3.87. The fraction of sp³-hybridized carbons (Fsp3) is 0.400. The third-order valence-electron chi connectivity index (χ3n) is 1.73. The van der Waals surface area contributed by atoms with E-state index < -0.39 is 0 Å². The maximum absolute atomic E-state index is 9.37. The lowest BCUT2D eigenvalue weighted by molar-refractivity contribution is 0.464. The fourth-order valence-electron chi connectivity index (χ4n) is 1.06. The van der Waals surface area contributed by atoms with Crippen molar-refractivity contribution in [2.24, 2.45) is 0 Å². The number of aromatic hydroxyl groups is 1. The van der Waals surface area contributed by atoms with E-state index in [1.165, 1.54) is 0 Å². The second-order valence-electron chi connectivity index (χ2n) is 2.81. The average molecular weight is 202 g/mol. The van der Waals surface area contributed by atoms with Gasteiger partial charge in [-0.05, 0) is 19.0 Å². The van der Waals surface area contributed by atoms with Gasteiger partial charge < -0.3 is 10.4 Å². The molecule has 3 heteroatoms. The van der Waals surface area contributed by atoms with Gasteiger partial charge in [0.15, 0.2) is 0 Å². The number of hydrogen-bond donors (Lipinski definition) is 2. The summed E-state index contributed by atoms with van der Waals surface area (Å²) in [4.78, 5) is 0. The Bertz CT molecular complexity index is 240. The number of halogens is 1. The number of rotatable bonds is 4. The number of hydrogen-bond acceptors (Lipinski definition) is 2. The van der Waals surface area contributed by atoms with Crippen LogP contribution < -0.4 is 5.32 Å². The molecule has 0 atom stereocenters. The molecule has 1 aromatic carbocycles. The van der Waals surface area contributed by atoms with Gasteiger partial charge in [-0.25, -0.2) is 0 Å². The van der Waals surface area contributed by atoms with E-state index in [-0.39, 0.29) is 12.4 Å². The van der Waals surface area contributed by atoms with Gasteiger partial charge in [0, 0.05) is 12.1 Å². The zero-order valence-electron chi connectivity index (χ0n) is 7.79. The first-order valence-corrected chi connectivity index (χ1v) is 4.32. The van der Waals surface area contributed by atoms with Crippen LogP contribution in [0.15, 0.2) is 24.3 Å². The second kappa shape index (κ2) is 6.75. The second-order valence-corrected chi connectivity index (χ2v) is 2.81. The normalized spacial score (nSPS) is 9.31. The monoisotopic (exact) mass is 201 g/mol. The van der Waals surface area contributed by atoms with Crippen molar-refractivity contribution in [2.45, 2.75) is 19.9 Å². The summed E-state index contributed by atoms with van der Waals surface area (Å²) >= 11 is 0. The van der Waals surface area contributed by atoms with Gasteiger partial charge in [-0.2, -0.15) is 0 Å². The number of phenols is 1. The first kappa shape index (κ1) is 12.3. The van der Waals surface area contributed by atoms with Crippen molar-refractivity contribution in [1.82, 2.24) is 5.32 Å². The highest BCUT2D eigenvalue weighted by Crippen LogP contribution is 2.14. The van der Waals surface area contributed by atoms with E-state index in [4.69, 9.17) is 0 Å². The van der Waals surface area contributed by atoms with Crippen LogP contribution in [0.1, 0.15) is 18.9 Å². The van der Waals surface area contributed by atoms with E-state index in [0.717, 1.165) is 25.1 Å². The van der Waals surface area contributed by atoms with Crippen LogP contribution in [0.25, 0.3) is 0 Å². The summed E-state index contributed by atoms with van der Waals surface area (Å²) in [7, 11) is 0. The SMILES string of the molecule is CCCNCc1ccccc1O.Cl. The third kappa shape index (κ3) is 4.15. The van der Waals surface area contributed by atoms with E-state index in [2.05, 4.69) is 12.2 Å². The Hall–Kier alpha value is -0.730. The van der Waals surface area contributed by atoms with Crippen LogP contribution in [-0.4, -0.2) is 11.7 Å². The fourth-order valence-corrected chi connectivity index (χ4v) is 1.06. The van der Waals surface area contributed by atoms with Crippen LogP contribution in [0.4, 0.5) is 0 Å². The van der Waals surface area contributed by atoms with Crippen molar-refractivity contribution in [1.29, 1.82) is 0 Å². The molecule has 74 valence electrons. The maximum atomic E-state index is 9.37. The smallest absolute Gasteiger partial charge is 0.120 e. The molecule has 0 saturated heterocycles. The third-order valence-corrected chi connectivity index (χ3v) is 1.73. The van der Waals surface area contributed by atoms with Gasteiger partial charge in [0.2, 0.25) is 0 Å². The van der Waals surface area contributed by atoms with Crippen molar-refractivity contribution >= 4 is 12.4 Å². The van der Waals surface area contributed by atoms with E-state index in [9.17, 15) is 5.11 Å². The lowest BCUT2D eigenvalue weighted by atomic mass is 10.2. The van der Waals surface area contributed by atoms with Crippen LogP contribution in [0.5, 0.6) is 5.75 Å². The highest BCUT2D eigenvalue weighted by molar-refractivity contribution is 5.85. The van der Waals surface area contributed by atoms with Gasteiger partial charge in [0.25, 0.3) is 0 Å². The molecule has 0 aliphatic heterocycles. The number of benzene rings is 1. The summed E-state index contributed by atoms with van der Waals surface area (Å²) in [5.74, 6) is 0.376. The van der Waals surface area contributed by atoms with Crippen molar-refractivity contribution in [3.05, 3.63) is 29.8 Å². The maximum Gasteiger partial charge on any atom is 0.120 e. The minimum atomic E-state index is 0. The Kier molecular flexibility index (Phi) is 6.37. The Morgan fingerprint density at radius 2 is 2.00 bits per heavy atom. The molecule has 1 rings (SSSR count). The van der Waals surface area contributed by atoms with E-state index in [0.29, 0.717) is 5.75 Å². The molecule has 0 aliphatic carbocycles. The van der Waals surface area contributed by atoms with Gasteiger partial charge >= 0.3 is 0 Å². The highest BCUT2D eigenvalue weighted by atomic mass is 35.5. The number of nitrogens with one attached hydrogen (secondary N) is 1. The summed E-state index contributed by atoms with van der Waals surface area (Å²) < 4.78 is 0. The van der Waals surface area contributed by atoms with Crippen LogP contribution in [-0.2, 0) is 6.54 Å². The van der Waals surface area contributed by atoms with E-state index in [1.54, 1.807) is 6.07 Å². The Morgan fingerprint density at radius 3 is 2.62 bits per heavy atom. The molecule has 0 spiro atoms. The van der Waals surface area contributed by atoms with Gasteiger partial charge in [-0.3, -0.25) is 0 Å². The first-order chi connectivity index (χ1) is 5.84. The molecule has 2 N–H and O–H groups in total. The van der Waals surface area contributed by atoms with Gasteiger partial charge in [0.1, 0.15) is 5.75 Å². The highest BCUT2D eigenvalue weighted by Gasteiger charge is 1.96. The van der Waals surface area contributed by atoms with E-state index in [1.807, 2.05) is 18.2 Å². The topological polar surface area (TPSA) is 32.3 Å². The molecule has 0 saturated carbocycles. The molecule has 0 amide bonds. The van der Waals surface area contributed by atoms with Gasteiger partial charge in [0.05, 0.1) is 0 Å². The molecule has 0 aliphatic rings. The summed E-state index contributed by atoms with van der Waals surface area (Å²) in [6.07, 6.45) is 1.12. The van der Waals surface area contributed by atoms with E-state index >= 15 is 0 Å². The summed E-state index contributed by atoms with van der Waals surface area (Å²) in [5.41, 5.74) is 0.964. The molecule has 0 fully saturated rings. The molecule has 0 aromatic heterocycles. The molecule has 0 radical (unpaired) electrons. The Balaban J connectivity index is 0.00000144. The molecule has 1 aromatic rings.